The molecule has 0 spiro atoms. The lowest BCUT2D eigenvalue weighted by Gasteiger charge is -2.30. The lowest BCUT2D eigenvalue weighted by atomic mass is 9.72. The topological polar surface area (TPSA) is 42.2 Å². The summed E-state index contributed by atoms with van der Waals surface area (Å²) in [7, 11) is 1.65. The third-order valence-electron chi connectivity index (χ3n) is 5.07. The van der Waals surface area contributed by atoms with Crippen LogP contribution in [-0.2, 0) is 0 Å². The summed E-state index contributed by atoms with van der Waals surface area (Å²) in [4.78, 5) is 0. The second kappa shape index (κ2) is 5.36. The van der Waals surface area contributed by atoms with Crippen LogP contribution in [0.5, 0.6) is 11.5 Å². The van der Waals surface area contributed by atoms with Crippen LogP contribution < -0.4 is 9.47 Å². The molecule has 2 aliphatic rings. The molecule has 2 fully saturated rings. The van der Waals surface area contributed by atoms with Crippen molar-refractivity contribution >= 4 is 0 Å². The van der Waals surface area contributed by atoms with E-state index in [2.05, 4.69) is 6.07 Å². The molecule has 2 saturated carbocycles. The van der Waals surface area contributed by atoms with Gasteiger partial charge in [0.05, 0.1) is 25.2 Å². The number of ether oxygens (including phenoxy) is 2. The quantitative estimate of drug-likeness (QED) is 0.818. The van der Waals surface area contributed by atoms with Crippen molar-refractivity contribution in [2.45, 2.75) is 32.1 Å². The van der Waals surface area contributed by atoms with Gasteiger partial charge in [-0.1, -0.05) is 18.6 Å². The Kier molecular flexibility index (Phi) is 3.56. The summed E-state index contributed by atoms with van der Waals surface area (Å²) in [6, 6.07) is 10.3. The minimum Gasteiger partial charge on any atom is -0.493 e. The van der Waals surface area contributed by atoms with Crippen molar-refractivity contribution in [2.24, 2.45) is 17.3 Å². The van der Waals surface area contributed by atoms with E-state index in [1.807, 2.05) is 24.3 Å². The van der Waals surface area contributed by atoms with Gasteiger partial charge in [0, 0.05) is 6.42 Å². The smallest absolute Gasteiger partial charge is 0.161 e. The molecule has 0 N–H and O–H groups in total. The molecule has 0 heterocycles. The number of nitrogens with zero attached hydrogens (tertiary/aromatic N) is 1. The van der Waals surface area contributed by atoms with E-state index in [0.717, 1.165) is 30.3 Å². The van der Waals surface area contributed by atoms with Gasteiger partial charge in [0.2, 0.25) is 0 Å². The van der Waals surface area contributed by atoms with E-state index in [4.69, 9.17) is 9.47 Å². The third-order valence-corrected chi connectivity index (χ3v) is 5.07. The molecule has 3 rings (SSSR count). The molecule has 106 valence electrons. The molecule has 3 nitrogen and oxygen atoms in total. The van der Waals surface area contributed by atoms with Crippen LogP contribution >= 0.6 is 0 Å². The fourth-order valence-electron chi connectivity index (χ4n) is 4.02. The number of benzene rings is 1. The van der Waals surface area contributed by atoms with Gasteiger partial charge in [-0.05, 0) is 43.2 Å². The lowest BCUT2D eigenvalue weighted by molar-refractivity contribution is 0.173. The Labute approximate surface area is 120 Å². The number of hydrogen-bond acceptors (Lipinski definition) is 3. The highest BCUT2D eigenvalue weighted by Crippen LogP contribution is 2.57. The maximum Gasteiger partial charge on any atom is 0.161 e. The Bertz CT molecular complexity index is 522. The highest BCUT2D eigenvalue weighted by atomic mass is 16.5. The Morgan fingerprint density at radius 1 is 1.30 bits per heavy atom. The van der Waals surface area contributed by atoms with Gasteiger partial charge in [0.15, 0.2) is 11.5 Å². The molecule has 0 radical (unpaired) electrons. The minimum absolute atomic E-state index is 0.134. The van der Waals surface area contributed by atoms with E-state index in [0.29, 0.717) is 12.5 Å². The van der Waals surface area contributed by atoms with Crippen LogP contribution in [0.2, 0.25) is 0 Å². The summed E-state index contributed by atoms with van der Waals surface area (Å²) >= 11 is 0. The van der Waals surface area contributed by atoms with Gasteiger partial charge in [-0.25, -0.2) is 0 Å². The van der Waals surface area contributed by atoms with Gasteiger partial charge >= 0.3 is 0 Å². The van der Waals surface area contributed by atoms with E-state index in [1.54, 1.807) is 7.11 Å². The molecule has 3 atom stereocenters. The summed E-state index contributed by atoms with van der Waals surface area (Å²) in [5.41, 5.74) is -0.134. The van der Waals surface area contributed by atoms with Gasteiger partial charge in [-0.3, -0.25) is 0 Å². The Morgan fingerprint density at radius 3 is 2.70 bits per heavy atom. The molecule has 0 amide bonds. The molecule has 3 unspecified atom stereocenters. The van der Waals surface area contributed by atoms with Crippen LogP contribution in [0.4, 0.5) is 0 Å². The van der Waals surface area contributed by atoms with Crippen LogP contribution in [0.3, 0.4) is 0 Å². The molecule has 1 aromatic rings. The number of rotatable bonds is 5. The predicted molar refractivity (Wildman–Crippen MR) is 76.6 cm³/mol. The van der Waals surface area contributed by atoms with Crippen molar-refractivity contribution in [3.63, 3.8) is 0 Å². The van der Waals surface area contributed by atoms with Crippen molar-refractivity contribution in [1.82, 2.24) is 0 Å². The number of hydrogen-bond donors (Lipinski definition) is 0. The third kappa shape index (κ3) is 2.24. The lowest BCUT2D eigenvalue weighted by Crippen LogP contribution is -2.28. The molecule has 20 heavy (non-hydrogen) atoms. The molecule has 2 aliphatic carbocycles. The molecule has 3 heteroatoms. The molecule has 1 aromatic carbocycles. The van der Waals surface area contributed by atoms with E-state index >= 15 is 0 Å². The van der Waals surface area contributed by atoms with Gasteiger partial charge < -0.3 is 9.47 Å². The molecule has 0 aromatic heterocycles. The monoisotopic (exact) mass is 271 g/mol. The number of fused-ring (bicyclic) bond motifs is 2. The maximum absolute atomic E-state index is 9.61. The van der Waals surface area contributed by atoms with Crippen molar-refractivity contribution in [3.05, 3.63) is 24.3 Å². The van der Waals surface area contributed by atoms with Crippen LogP contribution in [0.15, 0.2) is 24.3 Å². The summed E-state index contributed by atoms with van der Waals surface area (Å²) < 4.78 is 11.1. The maximum atomic E-state index is 9.61. The fourth-order valence-corrected chi connectivity index (χ4v) is 4.02. The first-order chi connectivity index (χ1) is 9.77. The summed E-state index contributed by atoms with van der Waals surface area (Å²) in [6.07, 6.45) is 5.71. The van der Waals surface area contributed by atoms with E-state index in [1.165, 1.54) is 19.3 Å². The van der Waals surface area contributed by atoms with E-state index < -0.39 is 0 Å². The predicted octanol–water partition coefficient (Wildman–Crippen LogP) is 3.79. The highest BCUT2D eigenvalue weighted by molar-refractivity contribution is 5.39. The Balaban J connectivity index is 1.61. The summed E-state index contributed by atoms with van der Waals surface area (Å²) in [6.45, 7) is 0.594. The minimum atomic E-state index is -0.134. The van der Waals surface area contributed by atoms with Gasteiger partial charge in [-0.15, -0.1) is 0 Å². The van der Waals surface area contributed by atoms with Crippen molar-refractivity contribution in [2.75, 3.05) is 13.7 Å². The van der Waals surface area contributed by atoms with Crippen molar-refractivity contribution in [1.29, 1.82) is 5.26 Å². The van der Waals surface area contributed by atoms with Crippen LogP contribution in [0.1, 0.15) is 32.1 Å². The first kappa shape index (κ1) is 13.3. The van der Waals surface area contributed by atoms with Crippen molar-refractivity contribution in [3.8, 4) is 17.6 Å². The summed E-state index contributed by atoms with van der Waals surface area (Å²) in [5.74, 6) is 2.90. The first-order valence-corrected chi connectivity index (χ1v) is 7.44. The highest BCUT2D eigenvalue weighted by Gasteiger charge is 2.51. The molecule has 2 bridgehead atoms. The molecular formula is C17H21NO2. The SMILES string of the molecule is COc1ccccc1OCCC1(C#N)CC2CCC1C2. The molecule has 0 aliphatic heterocycles. The number of methoxy groups -OCH3 is 1. The standard InChI is InChI=1S/C17H21NO2/c1-19-15-4-2-3-5-16(15)20-9-8-17(12-18)11-13-6-7-14(17)10-13/h2-5,13-14H,6-11H2,1H3. The Morgan fingerprint density at radius 2 is 2.10 bits per heavy atom. The van der Waals surface area contributed by atoms with Gasteiger partial charge in [0.1, 0.15) is 0 Å². The Hall–Kier alpha value is -1.69. The van der Waals surface area contributed by atoms with Gasteiger partial charge in [0.25, 0.3) is 0 Å². The zero-order valence-electron chi connectivity index (χ0n) is 12.0. The summed E-state index contributed by atoms with van der Waals surface area (Å²) in [5, 5.41) is 9.61. The van der Waals surface area contributed by atoms with E-state index in [9.17, 15) is 5.26 Å². The molecular weight excluding hydrogens is 250 g/mol. The number of nitriles is 1. The largest absolute Gasteiger partial charge is 0.493 e. The zero-order valence-corrected chi connectivity index (χ0v) is 12.0. The average Bonchev–Trinajstić information content (AvgIpc) is 3.09. The van der Waals surface area contributed by atoms with Crippen molar-refractivity contribution < 1.29 is 9.47 Å². The normalized spacial score (nSPS) is 31.0. The van der Waals surface area contributed by atoms with Crippen LogP contribution in [0, 0.1) is 28.6 Å². The first-order valence-electron chi connectivity index (χ1n) is 7.44. The van der Waals surface area contributed by atoms with Gasteiger partial charge in [-0.2, -0.15) is 5.26 Å². The van der Waals surface area contributed by atoms with Crippen LogP contribution in [0.25, 0.3) is 0 Å². The second-order valence-electron chi connectivity index (χ2n) is 6.10. The zero-order chi connectivity index (χ0) is 14.0. The molecule has 0 saturated heterocycles. The second-order valence-corrected chi connectivity index (χ2v) is 6.10. The number of para-hydroxylation sites is 2. The average molecular weight is 271 g/mol. The van der Waals surface area contributed by atoms with Crippen LogP contribution in [-0.4, -0.2) is 13.7 Å². The fraction of sp³-hybridized carbons (Fsp3) is 0.588. The van der Waals surface area contributed by atoms with E-state index in [-0.39, 0.29) is 5.41 Å².